The Bertz CT molecular complexity index is 763. The van der Waals surface area contributed by atoms with E-state index in [9.17, 15) is 14.4 Å². The normalized spacial score (nSPS) is 41.5. The van der Waals surface area contributed by atoms with Crippen molar-refractivity contribution in [3.05, 3.63) is 11.6 Å². The van der Waals surface area contributed by atoms with Crippen LogP contribution in [-0.2, 0) is 9.09 Å². The molecule has 0 aromatic heterocycles. The van der Waals surface area contributed by atoms with Crippen molar-refractivity contribution < 1.29 is 18.9 Å². The first kappa shape index (κ1) is 28.0. The van der Waals surface area contributed by atoms with E-state index >= 15 is 0 Å². The van der Waals surface area contributed by atoms with E-state index in [1.165, 1.54) is 50.5 Å². The first-order valence-corrected chi connectivity index (χ1v) is 14.9. The van der Waals surface area contributed by atoms with Crippen molar-refractivity contribution in [2.75, 3.05) is 0 Å². The van der Waals surface area contributed by atoms with Crippen LogP contribution in [0.5, 0.6) is 0 Å². The Morgan fingerprint density at radius 3 is 2.45 bits per heavy atom. The number of phosphoric ester groups is 1. The van der Waals surface area contributed by atoms with E-state index in [0.717, 1.165) is 54.8 Å². The van der Waals surface area contributed by atoms with Crippen LogP contribution in [0.4, 0.5) is 0 Å². The fraction of sp³-hybridized carbons (Fsp3) is 0.926. The fourth-order valence-corrected chi connectivity index (χ4v) is 9.50. The third kappa shape index (κ3) is 5.58. The van der Waals surface area contributed by atoms with Gasteiger partial charge in [0.15, 0.2) is 0 Å². The minimum absolute atomic E-state index is 0. The minimum atomic E-state index is -4.41. The Morgan fingerprint density at radius 2 is 1.79 bits per heavy atom. The molecule has 0 unspecified atom stereocenters. The molecule has 0 heterocycles. The van der Waals surface area contributed by atoms with E-state index < -0.39 is 7.82 Å². The van der Waals surface area contributed by atoms with Gasteiger partial charge in [-0.3, -0.25) is 4.52 Å². The van der Waals surface area contributed by atoms with E-state index in [1.54, 1.807) is 0 Å². The zero-order valence-electron chi connectivity index (χ0n) is 21.1. The summed E-state index contributed by atoms with van der Waals surface area (Å²) in [5, 5.41) is 0. The third-order valence-corrected chi connectivity index (χ3v) is 11.1. The molecule has 0 radical (unpaired) electrons. The standard InChI is InChI=1S/C27H47O4P.Li.H/c1-18(2)7-6-8-19(3)23-11-12-24-22-10-9-20-17-21(31-32(28,29)30)13-15-26(20,4)25(22)14-16-27(23,24)5;;/h9,18-19,21-25H,6-8,10-17H2,1-5H3,(H2,28,29,30);;/t19-,21+,22+,23-,24+,25+,26+,27-;;/m1../s1. The summed E-state index contributed by atoms with van der Waals surface area (Å²) in [4.78, 5) is 18.5. The van der Waals surface area contributed by atoms with Crippen LogP contribution in [0.15, 0.2) is 11.6 Å². The Balaban J connectivity index is 0.00000306. The molecule has 0 amide bonds. The zero-order valence-corrected chi connectivity index (χ0v) is 21.9. The van der Waals surface area contributed by atoms with Crippen molar-refractivity contribution in [3.63, 3.8) is 0 Å². The van der Waals surface area contributed by atoms with Gasteiger partial charge >= 0.3 is 26.7 Å². The molecule has 3 fully saturated rings. The molecule has 8 atom stereocenters. The molecule has 6 heteroatoms. The number of allylic oxidation sites excluding steroid dienone is 1. The van der Waals surface area contributed by atoms with Gasteiger partial charge in [-0.15, -0.1) is 0 Å². The van der Waals surface area contributed by atoms with Crippen LogP contribution in [-0.4, -0.2) is 34.8 Å². The molecule has 4 aliphatic carbocycles. The van der Waals surface area contributed by atoms with Crippen LogP contribution in [0.2, 0.25) is 0 Å². The summed E-state index contributed by atoms with van der Waals surface area (Å²) in [7, 11) is -4.41. The monoisotopic (exact) mass is 474 g/mol. The van der Waals surface area contributed by atoms with Crippen molar-refractivity contribution >= 4 is 26.7 Å². The summed E-state index contributed by atoms with van der Waals surface area (Å²) < 4.78 is 16.5. The van der Waals surface area contributed by atoms with Crippen LogP contribution < -0.4 is 0 Å². The molecule has 186 valence electrons. The maximum atomic E-state index is 11.4. The van der Waals surface area contributed by atoms with E-state index in [4.69, 9.17) is 4.52 Å². The quantitative estimate of drug-likeness (QED) is 0.240. The molecule has 0 aromatic carbocycles. The Labute approximate surface area is 214 Å². The van der Waals surface area contributed by atoms with Gasteiger partial charge < -0.3 is 9.79 Å². The predicted molar refractivity (Wildman–Crippen MR) is 137 cm³/mol. The van der Waals surface area contributed by atoms with Crippen LogP contribution in [0, 0.1) is 46.3 Å². The van der Waals surface area contributed by atoms with Crippen LogP contribution in [0.3, 0.4) is 0 Å². The molecule has 0 spiro atoms. The molecule has 0 aliphatic heterocycles. The first-order chi connectivity index (χ1) is 14.9. The van der Waals surface area contributed by atoms with Gasteiger partial charge in [0.2, 0.25) is 0 Å². The van der Waals surface area contributed by atoms with Crippen molar-refractivity contribution in [2.24, 2.45) is 46.3 Å². The molecular formula is C27H48LiO4P. The second kappa shape index (κ2) is 10.4. The van der Waals surface area contributed by atoms with E-state index in [2.05, 4.69) is 40.7 Å². The Hall–Kier alpha value is 0.447. The molecule has 4 nitrogen and oxygen atoms in total. The topological polar surface area (TPSA) is 66.8 Å². The third-order valence-electron chi connectivity index (χ3n) is 10.5. The predicted octanol–water partition coefficient (Wildman–Crippen LogP) is 6.86. The summed E-state index contributed by atoms with van der Waals surface area (Å²) in [6.45, 7) is 12.3. The van der Waals surface area contributed by atoms with E-state index in [1.807, 2.05) is 0 Å². The Morgan fingerprint density at radius 1 is 1.06 bits per heavy atom. The van der Waals surface area contributed by atoms with E-state index in [-0.39, 0.29) is 30.4 Å². The second-order valence-corrected chi connectivity index (χ2v) is 13.9. The summed E-state index contributed by atoms with van der Waals surface area (Å²) >= 11 is 0. The molecule has 2 N–H and O–H groups in total. The van der Waals surface area contributed by atoms with Crippen molar-refractivity contribution in [1.29, 1.82) is 0 Å². The average molecular weight is 475 g/mol. The van der Waals surface area contributed by atoms with E-state index in [0.29, 0.717) is 11.8 Å². The number of fused-ring (bicyclic) bond motifs is 5. The molecule has 4 aliphatic rings. The van der Waals surface area contributed by atoms with Crippen LogP contribution in [0.25, 0.3) is 0 Å². The number of hydrogen-bond donors (Lipinski definition) is 2. The van der Waals surface area contributed by atoms with Gasteiger partial charge in [-0.1, -0.05) is 65.5 Å². The summed E-state index contributed by atoms with van der Waals surface area (Å²) in [6, 6.07) is 0. The van der Waals surface area contributed by atoms with Gasteiger partial charge in [-0.2, -0.15) is 0 Å². The van der Waals surface area contributed by atoms with Crippen LogP contribution in [0.1, 0.15) is 105 Å². The van der Waals surface area contributed by atoms with Gasteiger partial charge in [0.1, 0.15) is 0 Å². The van der Waals surface area contributed by atoms with Gasteiger partial charge in [-0.05, 0) is 97.7 Å². The van der Waals surface area contributed by atoms with Gasteiger partial charge in [0, 0.05) is 0 Å². The number of rotatable bonds is 7. The average Bonchev–Trinajstić information content (AvgIpc) is 3.04. The summed E-state index contributed by atoms with van der Waals surface area (Å²) in [5.74, 6) is 4.89. The SMILES string of the molecule is CC(C)CCC[C@@H](C)[C@H]1CC[C@H]2[C@@H]3CC=C4C[C@@H](OP(=O)(O)O)CC[C@]4(C)[C@H]3CC[C@]12C.[LiH]. The summed E-state index contributed by atoms with van der Waals surface area (Å²) in [6.07, 6.45) is 15.4. The van der Waals surface area contributed by atoms with Crippen molar-refractivity contribution in [1.82, 2.24) is 0 Å². The number of phosphoric acid groups is 1. The van der Waals surface area contributed by atoms with Crippen molar-refractivity contribution in [2.45, 2.75) is 111 Å². The molecule has 4 rings (SSSR count). The van der Waals surface area contributed by atoms with Crippen molar-refractivity contribution in [3.8, 4) is 0 Å². The second-order valence-electron chi connectivity index (χ2n) is 12.8. The number of hydrogen-bond acceptors (Lipinski definition) is 2. The maximum absolute atomic E-state index is 11.4. The van der Waals surface area contributed by atoms with Gasteiger partial charge in [-0.25, -0.2) is 4.57 Å². The molecule has 0 saturated heterocycles. The molecule has 3 saturated carbocycles. The van der Waals surface area contributed by atoms with Gasteiger partial charge in [0.05, 0.1) is 6.10 Å². The zero-order chi connectivity index (χ0) is 23.3. The molecule has 0 bridgehead atoms. The Kier molecular flexibility index (Phi) is 8.86. The van der Waals surface area contributed by atoms with Crippen LogP contribution >= 0.6 is 7.82 Å². The summed E-state index contributed by atoms with van der Waals surface area (Å²) in [5.41, 5.74) is 2.12. The first-order valence-electron chi connectivity index (χ1n) is 13.4. The van der Waals surface area contributed by atoms with Gasteiger partial charge in [0.25, 0.3) is 0 Å². The molecule has 33 heavy (non-hydrogen) atoms. The fourth-order valence-electron chi connectivity index (χ4n) is 8.94. The molecular weight excluding hydrogens is 426 g/mol. The molecule has 0 aromatic rings.